The lowest BCUT2D eigenvalue weighted by atomic mass is 10.1. The van der Waals surface area contributed by atoms with Crippen LogP contribution in [0.4, 0.5) is 5.69 Å². The van der Waals surface area contributed by atoms with Crippen molar-refractivity contribution in [2.45, 2.75) is 32.9 Å². The van der Waals surface area contributed by atoms with E-state index in [4.69, 9.17) is 0 Å². The van der Waals surface area contributed by atoms with Gasteiger partial charge in [-0.2, -0.15) is 11.8 Å². The molecule has 0 atom stereocenters. The summed E-state index contributed by atoms with van der Waals surface area (Å²) in [6.45, 7) is 6.18. The Morgan fingerprint density at radius 2 is 1.79 bits per heavy atom. The van der Waals surface area contributed by atoms with Crippen LogP contribution in [0.15, 0.2) is 42.5 Å². The number of amides is 1. The average Bonchev–Trinajstić information content (AvgIpc) is 2.65. The number of hydrogen-bond acceptors (Lipinski definition) is 4. The Morgan fingerprint density at radius 3 is 2.48 bits per heavy atom. The van der Waals surface area contributed by atoms with Crippen molar-refractivity contribution in [2.75, 3.05) is 29.4 Å². The van der Waals surface area contributed by atoms with E-state index in [0.29, 0.717) is 12.2 Å². The molecule has 0 fully saturated rings. The van der Waals surface area contributed by atoms with Crippen LogP contribution in [0.25, 0.3) is 0 Å². The van der Waals surface area contributed by atoms with Crippen LogP contribution in [0.2, 0.25) is 0 Å². The summed E-state index contributed by atoms with van der Waals surface area (Å²) < 4.78 is 25.7. The fraction of sp³-hybridized carbons (Fsp3) is 0.409. The zero-order valence-electron chi connectivity index (χ0n) is 17.6. The van der Waals surface area contributed by atoms with E-state index in [-0.39, 0.29) is 12.5 Å². The molecule has 5 nitrogen and oxygen atoms in total. The summed E-state index contributed by atoms with van der Waals surface area (Å²) in [7, 11) is -3.56. The van der Waals surface area contributed by atoms with Crippen LogP contribution in [-0.2, 0) is 20.6 Å². The molecule has 1 amide bonds. The van der Waals surface area contributed by atoms with Gasteiger partial charge in [-0.15, -0.1) is 0 Å². The zero-order chi connectivity index (χ0) is 21.4. The number of thioether (sulfide) groups is 1. The first-order chi connectivity index (χ1) is 13.7. The Bertz CT molecular complexity index is 943. The maximum atomic E-state index is 12.3. The molecule has 7 heteroatoms. The van der Waals surface area contributed by atoms with E-state index in [2.05, 4.69) is 24.4 Å². The monoisotopic (exact) mass is 434 g/mol. The highest BCUT2D eigenvalue weighted by molar-refractivity contribution is 7.98. The number of hydrogen-bond donors (Lipinski definition) is 1. The van der Waals surface area contributed by atoms with E-state index in [0.717, 1.165) is 35.3 Å². The first kappa shape index (κ1) is 23.3. The standard InChI is InChI=1S/C22H30N2O3S2/c1-17-10-11-19(3)21(14-17)24(29(4,26)27)15-22(25)23-12-7-13-28-16-20-9-6-5-8-18(20)2/h5-6,8-11,14H,7,12-13,15-16H2,1-4H3,(H,23,25). The molecular weight excluding hydrogens is 404 g/mol. The van der Waals surface area contributed by atoms with Gasteiger partial charge in [-0.1, -0.05) is 36.4 Å². The Morgan fingerprint density at radius 1 is 1.07 bits per heavy atom. The lowest BCUT2D eigenvalue weighted by molar-refractivity contribution is -0.119. The molecule has 2 aromatic carbocycles. The molecule has 0 spiro atoms. The van der Waals surface area contributed by atoms with E-state index in [1.165, 1.54) is 15.4 Å². The van der Waals surface area contributed by atoms with Gasteiger partial charge in [-0.05, 0) is 61.3 Å². The summed E-state index contributed by atoms with van der Waals surface area (Å²) >= 11 is 1.83. The van der Waals surface area contributed by atoms with Gasteiger partial charge in [0.2, 0.25) is 15.9 Å². The molecule has 0 aliphatic carbocycles. The minimum Gasteiger partial charge on any atom is -0.354 e. The van der Waals surface area contributed by atoms with Crippen molar-refractivity contribution >= 4 is 33.4 Å². The fourth-order valence-corrected chi connectivity index (χ4v) is 4.85. The molecule has 0 unspecified atom stereocenters. The highest BCUT2D eigenvalue weighted by Crippen LogP contribution is 2.23. The van der Waals surface area contributed by atoms with Crippen LogP contribution < -0.4 is 9.62 Å². The average molecular weight is 435 g/mol. The van der Waals surface area contributed by atoms with Crippen LogP contribution in [0, 0.1) is 20.8 Å². The van der Waals surface area contributed by atoms with E-state index < -0.39 is 10.0 Å². The minimum atomic E-state index is -3.56. The van der Waals surface area contributed by atoms with Crippen LogP contribution >= 0.6 is 11.8 Å². The van der Waals surface area contributed by atoms with Crippen LogP contribution in [0.1, 0.15) is 28.7 Å². The molecule has 29 heavy (non-hydrogen) atoms. The number of sulfonamides is 1. The van der Waals surface area contributed by atoms with Crippen molar-refractivity contribution in [2.24, 2.45) is 0 Å². The van der Waals surface area contributed by atoms with Gasteiger partial charge in [0.25, 0.3) is 0 Å². The zero-order valence-corrected chi connectivity index (χ0v) is 19.2. The summed E-state index contributed by atoms with van der Waals surface area (Å²) in [6.07, 6.45) is 1.97. The third kappa shape index (κ3) is 7.40. The van der Waals surface area contributed by atoms with Gasteiger partial charge >= 0.3 is 0 Å². The summed E-state index contributed by atoms with van der Waals surface area (Å²) in [6, 6.07) is 13.9. The Kier molecular flexibility index (Phi) is 8.59. The van der Waals surface area contributed by atoms with Gasteiger partial charge in [0.05, 0.1) is 11.9 Å². The van der Waals surface area contributed by atoms with Gasteiger partial charge < -0.3 is 5.32 Å². The predicted octanol–water partition coefficient (Wildman–Crippen LogP) is 3.82. The van der Waals surface area contributed by atoms with Gasteiger partial charge in [0.1, 0.15) is 6.54 Å². The van der Waals surface area contributed by atoms with Crippen molar-refractivity contribution in [3.63, 3.8) is 0 Å². The molecule has 0 saturated heterocycles. The van der Waals surface area contributed by atoms with Gasteiger partial charge in [0.15, 0.2) is 0 Å². The molecule has 0 heterocycles. The smallest absolute Gasteiger partial charge is 0.240 e. The van der Waals surface area contributed by atoms with Crippen molar-refractivity contribution in [1.82, 2.24) is 5.32 Å². The van der Waals surface area contributed by atoms with E-state index in [1.807, 2.05) is 49.9 Å². The molecule has 0 aliphatic heterocycles. The molecule has 0 bridgehead atoms. The number of carbonyl (C=O) groups excluding carboxylic acids is 1. The quantitative estimate of drug-likeness (QED) is 0.578. The maximum absolute atomic E-state index is 12.3. The Labute approximate surface area is 178 Å². The highest BCUT2D eigenvalue weighted by atomic mass is 32.2. The SMILES string of the molecule is Cc1ccc(C)c(N(CC(=O)NCCCSCc2ccccc2C)S(C)(=O)=O)c1. The lowest BCUT2D eigenvalue weighted by Crippen LogP contribution is -2.41. The van der Waals surface area contributed by atoms with Crippen molar-refractivity contribution < 1.29 is 13.2 Å². The third-order valence-corrected chi connectivity index (χ3v) is 6.85. The number of nitrogens with one attached hydrogen (secondary N) is 1. The third-order valence-electron chi connectivity index (χ3n) is 4.63. The van der Waals surface area contributed by atoms with Crippen molar-refractivity contribution in [3.8, 4) is 0 Å². The molecule has 1 N–H and O–H groups in total. The summed E-state index contributed by atoms with van der Waals surface area (Å²) in [5.74, 6) is 1.59. The van der Waals surface area contributed by atoms with E-state index >= 15 is 0 Å². The number of aryl methyl sites for hydroxylation is 3. The molecule has 0 aromatic heterocycles. The molecule has 2 rings (SSSR count). The first-order valence-electron chi connectivity index (χ1n) is 9.62. The number of anilines is 1. The summed E-state index contributed by atoms with van der Waals surface area (Å²) in [5.41, 5.74) is 4.95. The summed E-state index contributed by atoms with van der Waals surface area (Å²) in [4.78, 5) is 12.3. The maximum Gasteiger partial charge on any atom is 0.240 e. The topological polar surface area (TPSA) is 66.5 Å². The van der Waals surface area contributed by atoms with Gasteiger partial charge in [-0.3, -0.25) is 9.10 Å². The van der Waals surface area contributed by atoms with Crippen molar-refractivity contribution in [3.05, 3.63) is 64.7 Å². The Hall–Kier alpha value is -1.99. The number of benzene rings is 2. The van der Waals surface area contributed by atoms with Crippen LogP contribution in [0.5, 0.6) is 0 Å². The molecule has 0 radical (unpaired) electrons. The molecule has 0 saturated carbocycles. The normalized spacial score (nSPS) is 11.3. The molecule has 0 aliphatic rings. The van der Waals surface area contributed by atoms with Gasteiger partial charge in [0, 0.05) is 12.3 Å². The molecular formula is C22H30N2O3S2. The minimum absolute atomic E-state index is 0.209. The number of nitrogens with zero attached hydrogens (tertiary/aromatic N) is 1. The number of carbonyl (C=O) groups is 1. The van der Waals surface area contributed by atoms with E-state index in [9.17, 15) is 13.2 Å². The van der Waals surface area contributed by atoms with Crippen LogP contribution in [0.3, 0.4) is 0 Å². The fourth-order valence-electron chi connectivity index (χ4n) is 2.91. The van der Waals surface area contributed by atoms with Crippen molar-refractivity contribution in [1.29, 1.82) is 0 Å². The first-order valence-corrected chi connectivity index (χ1v) is 12.6. The second-order valence-corrected chi connectivity index (χ2v) is 10.3. The Balaban J connectivity index is 1.82. The number of rotatable bonds is 10. The largest absolute Gasteiger partial charge is 0.354 e. The van der Waals surface area contributed by atoms with Crippen LogP contribution in [-0.4, -0.2) is 39.4 Å². The molecule has 2 aromatic rings. The lowest BCUT2D eigenvalue weighted by Gasteiger charge is -2.24. The van der Waals surface area contributed by atoms with Gasteiger partial charge in [-0.25, -0.2) is 8.42 Å². The van der Waals surface area contributed by atoms with E-state index in [1.54, 1.807) is 6.07 Å². The molecule has 158 valence electrons. The highest BCUT2D eigenvalue weighted by Gasteiger charge is 2.22. The second-order valence-electron chi connectivity index (χ2n) is 7.24. The second kappa shape index (κ2) is 10.7. The summed E-state index contributed by atoms with van der Waals surface area (Å²) in [5, 5.41) is 2.84. The predicted molar refractivity (Wildman–Crippen MR) is 123 cm³/mol.